The van der Waals surface area contributed by atoms with Gasteiger partial charge in [-0.2, -0.15) is 0 Å². The molecule has 1 aromatic heterocycles. The molecule has 3 aromatic carbocycles. The van der Waals surface area contributed by atoms with Crippen molar-refractivity contribution in [2.24, 2.45) is 0 Å². The second kappa shape index (κ2) is 9.57. The van der Waals surface area contributed by atoms with Crippen molar-refractivity contribution in [1.29, 1.82) is 0 Å². The smallest absolute Gasteiger partial charge is 0.257 e. The molecule has 0 saturated carbocycles. The number of benzene rings is 3. The van der Waals surface area contributed by atoms with Crippen molar-refractivity contribution in [3.05, 3.63) is 82.4 Å². The predicted molar refractivity (Wildman–Crippen MR) is 134 cm³/mol. The Kier molecular flexibility index (Phi) is 6.31. The summed E-state index contributed by atoms with van der Waals surface area (Å²) in [4.78, 5) is 13.1. The molecule has 184 valence electrons. The number of ether oxygens (including phenoxy) is 3. The summed E-state index contributed by atoms with van der Waals surface area (Å²) < 4.78 is 16.3. The third kappa shape index (κ3) is 4.05. The van der Waals surface area contributed by atoms with Gasteiger partial charge in [0.2, 0.25) is 5.13 Å². The highest BCUT2D eigenvalue weighted by Crippen LogP contribution is 2.49. The Morgan fingerprint density at radius 3 is 2.19 bits per heavy atom. The van der Waals surface area contributed by atoms with Crippen LogP contribution < -0.4 is 19.5 Å². The average Bonchev–Trinajstić information content (AvgIpc) is 3.39. The number of fused-ring (bicyclic) bond motifs is 2. The van der Waals surface area contributed by atoms with Crippen molar-refractivity contribution >= 4 is 22.4 Å². The lowest BCUT2D eigenvalue weighted by Gasteiger charge is -2.32. The van der Waals surface area contributed by atoms with Crippen LogP contribution in [-0.2, 0) is 0 Å². The zero-order chi connectivity index (χ0) is 25.4. The fourth-order valence-corrected chi connectivity index (χ4v) is 5.09. The number of hydrogen-bond donors (Lipinski definition) is 3. The fourth-order valence-electron chi connectivity index (χ4n) is 4.35. The van der Waals surface area contributed by atoms with Gasteiger partial charge >= 0.3 is 0 Å². The number of aliphatic hydroxyl groups excluding tert-OH is 2. The zero-order valence-corrected chi connectivity index (χ0v) is 20.5. The van der Waals surface area contributed by atoms with Gasteiger partial charge in [-0.05, 0) is 29.3 Å². The number of hydrogen-bond acceptors (Lipinski definition) is 9. The number of nitrogens with one attached hydrogen (secondary N) is 1. The molecule has 1 amide bonds. The standard InChI is InChI=1S/C26H23N3O6S/c1-33-15-11-17-21(19(12-15)35-3)23(31)20-16(22(17)30)9-14(10-18(20)34-2)24(32)27-26-29-28-25(36-26)13-7-5-4-6-8-13/h4-12,22-23,30-31H,1-3H3,(H,27,29,32). The van der Waals surface area contributed by atoms with Gasteiger partial charge in [0.25, 0.3) is 5.91 Å². The quantitative estimate of drug-likeness (QED) is 0.360. The van der Waals surface area contributed by atoms with Gasteiger partial charge < -0.3 is 24.4 Å². The Morgan fingerprint density at radius 1 is 0.861 bits per heavy atom. The minimum atomic E-state index is -1.16. The fraction of sp³-hybridized carbons (Fsp3) is 0.192. The molecule has 3 N–H and O–H groups in total. The summed E-state index contributed by atoms with van der Waals surface area (Å²) in [5.74, 6) is 0.639. The van der Waals surface area contributed by atoms with Crippen LogP contribution >= 0.6 is 11.3 Å². The molecule has 0 aliphatic heterocycles. The van der Waals surface area contributed by atoms with Gasteiger partial charge in [0.05, 0.1) is 21.3 Å². The van der Waals surface area contributed by atoms with Gasteiger partial charge in [-0.1, -0.05) is 41.7 Å². The molecular weight excluding hydrogens is 482 g/mol. The Labute approximate surface area is 210 Å². The first-order valence-electron chi connectivity index (χ1n) is 11.0. The van der Waals surface area contributed by atoms with Crippen LogP contribution in [0.1, 0.15) is 44.8 Å². The molecular formula is C26H23N3O6S. The minimum Gasteiger partial charge on any atom is -0.497 e. The summed E-state index contributed by atoms with van der Waals surface area (Å²) in [6.07, 6.45) is -2.31. The summed E-state index contributed by atoms with van der Waals surface area (Å²) in [6, 6.07) is 15.9. The van der Waals surface area contributed by atoms with E-state index in [0.717, 1.165) is 5.56 Å². The lowest BCUT2D eigenvalue weighted by atomic mass is 9.80. The molecule has 10 heteroatoms. The van der Waals surface area contributed by atoms with Crippen molar-refractivity contribution in [2.45, 2.75) is 12.2 Å². The van der Waals surface area contributed by atoms with E-state index in [1.165, 1.54) is 44.8 Å². The molecule has 1 aliphatic rings. The maximum atomic E-state index is 13.1. The van der Waals surface area contributed by atoms with E-state index in [4.69, 9.17) is 14.2 Å². The molecule has 36 heavy (non-hydrogen) atoms. The average molecular weight is 506 g/mol. The SMILES string of the molecule is COc1cc(OC)c2c(c1)C(O)c1cc(C(=O)Nc3nnc(-c4ccccc4)s3)cc(OC)c1C2O. The van der Waals surface area contributed by atoms with Crippen molar-refractivity contribution < 1.29 is 29.2 Å². The van der Waals surface area contributed by atoms with Crippen molar-refractivity contribution in [2.75, 3.05) is 26.6 Å². The lowest BCUT2D eigenvalue weighted by Crippen LogP contribution is -2.22. The van der Waals surface area contributed by atoms with Gasteiger partial charge in [-0.25, -0.2) is 0 Å². The summed E-state index contributed by atoms with van der Waals surface area (Å²) in [7, 11) is 4.42. The van der Waals surface area contributed by atoms with Gasteiger partial charge in [-0.15, -0.1) is 10.2 Å². The first-order chi connectivity index (χ1) is 17.4. The number of aromatic nitrogens is 2. The van der Waals surface area contributed by atoms with E-state index in [2.05, 4.69) is 15.5 Å². The summed E-state index contributed by atoms with van der Waals surface area (Å²) in [5, 5.41) is 34.5. The number of anilines is 1. The monoisotopic (exact) mass is 505 g/mol. The first kappa shape index (κ1) is 23.7. The van der Waals surface area contributed by atoms with Gasteiger partial charge in [0.1, 0.15) is 34.5 Å². The van der Waals surface area contributed by atoms with Crippen LogP contribution in [-0.4, -0.2) is 47.6 Å². The normalized spacial score (nSPS) is 16.0. The number of aliphatic hydroxyl groups is 2. The van der Waals surface area contributed by atoms with Crippen LogP contribution in [0.2, 0.25) is 0 Å². The number of rotatable bonds is 6. The van der Waals surface area contributed by atoms with Crippen LogP contribution in [0.4, 0.5) is 5.13 Å². The Morgan fingerprint density at radius 2 is 1.53 bits per heavy atom. The molecule has 9 nitrogen and oxygen atoms in total. The van der Waals surface area contributed by atoms with Crippen LogP contribution in [0, 0.1) is 0 Å². The van der Waals surface area contributed by atoms with E-state index >= 15 is 0 Å². The van der Waals surface area contributed by atoms with Crippen molar-refractivity contribution in [3.63, 3.8) is 0 Å². The number of methoxy groups -OCH3 is 3. The topological polar surface area (TPSA) is 123 Å². The number of amides is 1. The van der Waals surface area contributed by atoms with E-state index < -0.39 is 18.1 Å². The molecule has 1 heterocycles. The highest BCUT2D eigenvalue weighted by Gasteiger charge is 2.36. The number of nitrogens with zero attached hydrogens (tertiary/aromatic N) is 2. The van der Waals surface area contributed by atoms with Crippen LogP contribution in [0.15, 0.2) is 54.6 Å². The highest BCUT2D eigenvalue weighted by atomic mass is 32.1. The van der Waals surface area contributed by atoms with Gasteiger partial charge in [0, 0.05) is 28.3 Å². The Balaban J connectivity index is 1.51. The summed E-state index contributed by atoms with van der Waals surface area (Å²) >= 11 is 1.24. The van der Waals surface area contributed by atoms with E-state index in [1.807, 2.05) is 30.3 Å². The summed E-state index contributed by atoms with van der Waals surface area (Å²) in [6.45, 7) is 0. The molecule has 2 atom stereocenters. The van der Waals surface area contributed by atoms with Crippen LogP contribution in [0.5, 0.6) is 17.2 Å². The maximum Gasteiger partial charge on any atom is 0.257 e. The number of carbonyl (C=O) groups is 1. The molecule has 0 spiro atoms. The zero-order valence-electron chi connectivity index (χ0n) is 19.7. The maximum absolute atomic E-state index is 13.1. The van der Waals surface area contributed by atoms with Crippen molar-refractivity contribution in [1.82, 2.24) is 10.2 Å². The molecule has 0 saturated heterocycles. The van der Waals surface area contributed by atoms with E-state index in [9.17, 15) is 15.0 Å². The van der Waals surface area contributed by atoms with E-state index in [0.29, 0.717) is 43.9 Å². The van der Waals surface area contributed by atoms with Gasteiger partial charge in [0.15, 0.2) is 0 Å². The van der Waals surface area contributed by atoms with Crippen LogP contribution in [0.3, 0.4) is 0 Å². The Hall–Kier alpha value is -3.99. The predicted octanol–water partition coefficient (Wildman–Crippen LogP) is 3.96. The molecule has 2 unspecified atom stereocenters. The minimum absolute atomic E-state index is 0.228. The molecule has 0 radical (unpaired) electrons. The van der Waals surface area contributed by atoms with Gasteiger partial charge in [-0.3, -0.25) is 10.1 Å². The molecule has 0 fully saturated rings. The lowest BCUT2D eigenvalue weighted by molar-refractivity contribution is 0.102. The molecule has 1 aliphatic carbocycles. The molecule has 5 rings (SSSR count). The second-order valence-corrected chi connectivity index (χ2v) is 9.03. The first-order valence-corrected chi connectivity index (χ1v) is 11.8. The van der Waals surface area contributed by atoms with E-state index in [1.54, 1.807) is 12.1 Å². The third-order valence-corrected chi connectivity index (χ3v) is 6.95. The van der Waals surface area contributed by atoms with E-state index in [-0.39, 0.29) is 11.3 Å². The highest BCUT2D eigenvalue weighted by molar-refractivity contribution is 7.18. The molecule has 0 bridgehead atoms. The summed E-state index contributed by atoms with van der Waals surface area (Å²) in [5.41, 5.74) is 2.66. The third-order valence-electron chi connectivity index (χ3n) is 6.06. The molecule has 4 aromatic rings. The largest absolute Gasteiger partial charge is 0.497 e. The van der Waals surface area contributed by atoms with Crippen LogP contribution in [0.25, 0.3) is 10.6 Å². The Bertz CT molecular complexity index is 1440. The number of carbonyl (C=O) groups excluding carboxylic acids is 1. The second-order valence-electron chi connectivity index (χ2n) is 8.05. The van der Waals surface area contributed by atoms with Crippen molar-refractivity contribution in [3.8, 4) is 27.8 Å².